The number of carbonyl (C=O) groups excluding carboxylic acids is 1. The van der Waals surface area contributed by atoms with Gasteiger partial charge in [-0.05, 0) is 64.2 Å². The van der Waals surface area contributed by atoms with Crippen LogP contribution in [-0.4, -0.2) is 193 Å². The molecule has 79 heavy (non-hydrogen) atoms. The lowest BCUT2D eigenvalue weighted by Gasteiger charge is -2.48. The lowest BCUT2D eigenvalue weighted by atomic mass is 9.96. The molecule has 0 radical (unpaired) electrons. The molecule has 0 bridgehead atoms. The second-order valence-electron chi connectivity index (χ2n) is 20.7. The van der Waals surface area contributed by atoms with E-state index in [0.717, 1.165) is 77.0 Å². The minimum absolute atomic E-state index is 0.233. The molecule has 0 saturated carbocycles. The lowest BCUT2D eigenvalue weighted by molar-refractivity contribution is -0.379. The quantitative estimate of drug-likeness (QED) is 0.0289. The molecule has 0 aromatic rings. The maximum Gasteiger partial charge on any atom is 0.220 e. The van der Waals surface area contributed by atoms with Gasteiger partial charge in [-0.25, -0.2) is 0 Å². The van der Waals surface area contributed by atoms with Crippen LogP contribution in [0.5, 0.6) is 0 Å². The molecule has 0 aromatic carbocycles. The van der Waals surface area contributed by atoms with E-state index in [0.29, 0.717) is 12.8 Å². The first-order valence-corrected chi connectivity index (χ1v) is 29.3. The molecule has 1 amide bonds. The molecule has 19 heteroatoms. The predicted octanol–water partition coefficient (Wildman–Crippen LogP) is 4.81. The van der Waals surface area contributed by atoms with Gasteiger partial charge >= 0.3 is 0 Å². The molecule has 3 saturated heterocycles. The average molecular weight is 1120 g/mol. The third-order valence-corrected chi connectivity index (χ3v) is 14.2. The van der Waals surface area contributed by atoms with E-state index in [1.165, 1.54) is 44.9 Å². The molecule has 3 heterocycles. The number of hydrogen-bond acceptors (Lipinski definition) is 18. The second kappa shape index (κ2) is 42.7. The summed E-state index contributed by atoms with van der Waals surface area (Å²) in [4.78, 5) is 13.1. The molecule has 19 nitrogen and oxygen atoms in total. The van der Waals surface area contributed by atoms with E-state index in [1.807, 2.05) is 6.92 Å². The molecule has 0 aliphatic carbocycles. The van der Waals surface area contributed by atoms with E-state index in [9.17, 15) is 61.0 Å². The fraction of sp³-hybridized carbons (Fsp3) is 0.750. The van der Waals surface area contributed by atoms with Gasteiger partial charge in [-0.2, -0.15) is 0 Å². The van der Waals surface area contributed by atoms with Gasteiger partial charge in [0.1, 0.15) is 73.2 Å². The summed E-state index contributed by atoms with van der Waals surface area (Å²) in [5.74, 6) is -0.295. The van der Waals surface area contributed by atoms with Crippen LogP contribution in [0.1, 0.15) is 155 Å². The standard InChI is InChI=1S/C60H101NO18/c1-3-5-7-8-9-10-11-12-13-14-15-16-17-18-19-20-21-22-23-24-25-26-27-28-29-30-31-32-33-34-36-38-48(66)61-43(44(65)37-35-6-4-2)42-74-58-54(72)51(69)56(46(40-63)76-58)79-60-55(73)52(70)57(47(41-64)77-60)78-59-53(71)50(68)49(67)45(39-62)75-59/h5,7,9-10,12-13,15-16,18-19,21-22,35,37,43-47,49-60,62-65,67-73H,3-4,6,8,11,14,17,20,23-34,36,38-42H2,1-2H3,(H,61,66)/b7-5-,10-9-,13-12-,16-15-,19-18-,22-21-,37-35+. The SMILES string of the molecule is CC/C=C\C/C=C\C/C=C\C/C=C\C/C=C\C/C=C\CCCCCCCCCCCCCCC(=O)NC(COC1OC(CO)C(OC2OC(CO)C(OC3OC(CO)C(O)C(O)C3O)C(O)C2O)C(O)C1O)C(O)/C=C/CCC. The van der Waals surface area contributed by atoms with Gasteiger partial charge in [-0.15, -0.1) is 0 Å². The number of rotatable bonds is 41. The van der Waals surface area contributed by atoms with E-state index in [2.05, 4.69) is 85.2 Å². The lowest BCUT2D eigenvalue weighted by Crippen LogP contribution is -2.66. The smallest absolute Gasteiger partial charge is 0.220 e. The van der Waals surface area contributed by atoms with Gasteiger partial charge < -0.3 is 89.9 Å². The number of nitrogens with one attached hydrogen (secondary N) is 1. The number of aliphatic hydroxyl groups is 11. The van der Waals surface area contributed by atoms with Crippen LogP contribution in [0.15, 0.2) is 85.1 Å². The molecular weight excluding hydrogens is 1020 g/mol. The van der Waals surface area contributed by atoms with Gasteiger partial charge in [-0.3, -0.25) is 4.79 Å². The summed E-state index contributed by atoms with van der Waals surface area (Å²) in [6.07, 6.45) is 25.7. The number of allylic oxidation sites excluding steroid dienone is 13. The van der Waals surface area contributed by atoms with Crippen molar-refractivity contribution in [3.8, 4) is 0 Å². The number of amides is 1. The molecule has 17 unspecified atom stereocenters. The highest BCUT2D eigenvalue weighted by Crippen LogP contribution is 2.33. The summed E-state index contributed by atoms with van der Waals surface area (Å²) >= 11 is 0. The highest BCUT2D eigenvalue weighted by Gasteiger charge is 2.53. The Morgan fingerprint density at radius 3 is 1.34 bits per heavy atom. The molecule has 454 valence electrons. The van der Waals surface area contributed by atoms with Crippen LogP contribution >= 0.6 is 0 Å². The first-order valence-electron chi connectivity index (χ1n) is 29.3. The van der Waals surface area contributed by atoms with E-state index >= 15 is 0 Å². The zero-order chi connectivity index (χ0) is 57.6. The zero-order valence-electron chi connectivity index (χ0n) is 47.1. The minimum Gasteiger partial charge on any atom is -0.394 e. The van der Waals surface area contributed by atoms with Crippen LogP contribution in [0.25, 0.3) is 0 Å². The summed E-state index contributed by atoms with van der Waals surface area (Å²) in [5, 5.41) is 119. The van der Waals surface area contributed by atoms with Gasteiger partial charge in [0.2, 0.25) is 5.91 Å². The number of carbonyl (C=O) groups is 1. The van der Waals surface area contributed by atoms with Crippen molar-refractivity contribution >= 4 is 5.91 Å². The molecule has 12 N–H and O–H groups in total. The van der Waals surface area contributed by atoms with E-state index in [-0.39, 0.29) is 18.9 Å². The first-order chi connectivity index (χ1) is 38.3. The molecule has 0 aromatic heterocycles. The summed E-state index contributed by atoms with van der Waals surface area (Å²) in [6, 6.07) is -0.974. The maximum atomic E-state index is 13.1. The van der Waals surface area contributed by atoms with Crippen molar-refractivity contribution in [3.63, 3.8) is 0 Å². The summed E-state index contributed by atoms with van der Waals surface area (Å²) in [5.41, 5.74) is 0. The Morgan fingerprint density at radius 1 is 0.468 bits per heavy atom. The fourth-order valence-corrected chi connectivity index (χ4v) is 9.38. The van der Waals surface area contributed by atoms with Gasteiger partial charge in [0.25, 0.3) is 0 Å². The van der Waals surface area contributed by atoms with Gasteiger partial charge in [0, 0.05) is 6.42 Å². The minimum atomic E-state index is -1.98. The van der Waals surface area contributed by atoms with Crippen molar-refractivity contribution in [2.24, 2.45) is 0 Å². The number of unbranched alkanes of at least 4 members (excludes halogenated alkanes) is 13. The van der Waals surface area contributed by atoms with Gasteiger partial charge in [-0.1, -0.05) is 170 Å². The number of hydrogen-bond donors (Lipinski definition) is 12. The van der Waals surface area contributed by atoms with Gasteiger partial charge in [0.05, 0.1) is 38.6 Å². The third-order valence-electron chi connectivity index (χ3n) is 14.2. The van der Waals surface area contributed by atoms with E-state index in [4.69, 9.17) is 28.4 Å². The van der Waals surface area contributed by atoms with Crippen molar-refractivity contribution in [2.45, 2.75) is 259 Å². The van der Waals surface area contributed by atoms with Crippen molar-refractivity contribution < 1.29 is 89.4 Å². The zero-order valence-corrected chi connectivity index (χ0v) is 47.1. The third kappa shape index (κ3) is 26.8. The number of aliphatic hydroxyl groups excluding tert-OH is 11. The Kier molecular flexibility index (Phi) is 38.0. The monoisotopic (exact) mass is 1120 g/mol. The first kappa shape index (κ1) is 70.2. The largest absolute Gasteiger partial charge is 0.394 e. The fourth-order valence-electron chi connectivity index (χ4n) is 9.38. The van der Waals surface area contributed by atoms with Crippen molar-refractivity contribution in [3.05, 3.63) is 85.1 Å². The summed E-state index contributed by atoms with van der Waals surface area (Å²) in [7, 11) is 0. The average Bonchev–Trinajstić information content (AvgIpc) is 3.55. The van der Waals surface area contributed by atoms with Crippen LogP contribution in [-0.2, 0) is 33.2 Å². The highest BCUT2D eigenvalue weighted by atomic mass is 16.8. The molecule has 3 fully saturated rings. The molecule has 3 rings (SSSR count). The maximum absolute atomic E-state index is 13.1. The van der Waals surface area contributed by atoms with Crippen LogP contribution in [0.2, 0.25) is 0 Å². The summed E-state index contributed by atoms with van der Waals surface area (Å²) < 4.78 is 33.9. The van der Waals surface area contributed by atoms with Crippen LogP contribution < -0.4 is 5.32 Å². The number of ether oxygens (including phenoxy) is 6. The Hall–Kier alpha value is -3.03. The van der Waals surface area contributed by atoms with Gasteiger partial charge in [0.15, 0.2) is 18.9 Å². The van der Waals surface area contributed by atoms with E-state index in [1.54, 1.807) is 12.2 Å². The molecular formula is C60H101NO18. The molecule has 17 atom stereocenters. The van der Waals surface area contributed by atoms with Crippen LogP contribution in [0, 0.1) is 0 Å². The second-order valence-corrected chi connectivity index (χ2v) is 20.7. The molecule has 0 spiro atoms. The Bertz CT molecular complexity index is 1770. The van der Waals surface area contributed by atoms with Crippen molar-refractivity contribution in [1.82, 2.24) is 5.32 Å². The molecule has 3 aliphatic heterocycles. The Morgan fingerprint density at radius 2 is 0.873 bits per heavy atom. The topological polar surface area (TPSA) is 307 Å². The van der Waals surface area contributed by atoms with E-state index < -0.39 is 124 Å². The Labute approximate surface area is 470 Å². The molecule has 3 aliphatic rings. The predicted molar refractivity (Wildman–Crippen MR) is 300 cm³/mol. The normalized spacial score (nSPS) is 30.9. The Balaban J connectivity index is 1.30. The van der Waals surface area contributed by atoms with Crippen LogP contribution in [0.4, 0.5) is 0 Å². The van der Waals surface area contributed by atoms with Crippen molar-refractivity contribution in [2.75, 3.05) is 26.4 Å². The van der Waals surface area contributed by atoms with Crippen molar-refractivity contribution in [1.29, 1.82) is 0 Å². The summed E-state index contributed by atoms with van der Waals surface area (Å²) in [6.45, 7) is 1.34. The highest BCUT2D eigenvalue weighted by molar-refractivity contribution is 5.76. The van der Waals surface area contributed by atoms with Crippen LogP contribution in [0.3, 0.4) is 0 Å².